The molecule has 1 aliphatic carbocycles. The van der Waals surface area contributed by atoms with E-state index in [9.17, 15) is 9.59 Å². The summed E-state index contributed by atoms with van der Waals surface area (Å²) < 4.78 is 8.69. The fraction of sp³-hybridized carbons (Fsp3) is 0.367. The van der Waals surface area contributed by atoms with Crippen molar-refractivity contribution in [2.24, 2.45) is 10.8 Å². The second kappa shape index (κ2) is 18.7. The van der Waals surface area contributed by atoms with Crippen LogP contribution in [0.3, 0.4) is 0 Å². The number of nitrogens with two attached hydrogens (primary N) is 1. The van der Waals surface area contributed by atoms with Gasteiger partial charge in [-0.1, -0.05) is 85.0 Å². The maximum Gasteiger partial charge on any atom is 0.425 e. The first-order valence-corrected chi connectivity index (χ1v) is 14.1. The van der Waals surface area contributed by atoms with Gasteiger partial charge in [-0.05, 0) is 50.3 Å². The van der Waals surface area contributed by atoms with Crippen LogP contribution in [0.25, 0.3) is 0 Å². The Labute approximate surface area is 236 Å². The Kier molecular flexibility index (Phi) is 15.1. The SMILES string of the molecule is C/C=C\CC(=NCCNC(=O)[C@@H](CC1=CCC=CC=C1)N(N)C(=O)OCc1ccccc1)NSC(C)/C=C\C. The lowest BCUT2D eigenvalue weighted by Gasteiger charge is -2.26. The number of nitrogens with one attached hydrogen (secondary N) is 2. The molecular weight excluding hydrogens is 510 g/mol. The van der Waals surface area contributed by atoms with Gasteiger partial charge >= 0.3 is 6.09 Å². The van der Waals surface area contributed by atoms with E-state index in [1.54, 1.807) is 11.9 Å². The number of ether oxygens (including phenoxy) is 1. The third-order valence-electron chi connectivity index (χ3n) is 5.64. The highest BCUT2D eigenvalue weighted by molar-refractivity contribution is 7.98. The van der Waals surface area contributed by atoms with Gasteiger partial charge in [-0.15, -0.1) is 0 Å². The highest BCUT2D eigenvalue weighted by Gasteiger charge is 2.29. The van der Waals surface area contributed by atoms with Gasteiger partial charge in [0.1, 0.15) is 18.5 Å². The smallest absolute Gasteiger partial charge is 0.425 e. The number of amides is 2. The average Bonchev–Trinajstić information content (AvgIpc) is 3.22. The molecule has 2 amide bonds. The molecule has 2 atom stereocenters. The minimum atomic E-state index is -0.941. The van der Waals surface area contributed by atoms with Crippen molar-refractivity contribution in [3.05, 3.63) is 96.2 Å². The zero-order valence-corrected chi connectivity index (χ0v) is 23.9. The molecule has 39 heavy (non-hydrogen) atoms. The number of aliphatic imine (C=N–C) groups is 1. The molecule has 0 saturated heterocycles. The van der Waals surface area contributed by atoms with Crippen molar-refractivity contribution in [3.63, 3.8) is 0 Å². The first kappa shape index (κ1) is 31.7. The molecule has 1 unspecified atom stereocenters. The number of rotatable bonds is 14. The van der Waals surface area contributed by atoms with Gasteiger partial charge in [-0.2, -0.15) is 0 Å². The zero-order valence-electron chi connectivity index (χ0n) is 23.1. The molecule has 1 aromatic rings. The summed E-state index contributed by atoms with van der Waals surface area (Å²) in [4.78, 5) is 30.6. The molecule has 4 N–H and O–H groups in total. The van der Waals surface area contributed by atoms with E-state index in [2.05, 4.69) is 28.0 Å². The molecule has 0 heterocycles. The number of nitrogens with zero attached hydrogens (tertiary/aromatic N) is 2. The van der Waals surface area contributed by atoms with E-state index < -0.39 is 12.1 Å². The number of carbonyl (C=O) groups excluding carboxylic acids is 2. The van der Waals surface area contributed by atoms with Crippen molar-refractivity contribution in [1.29, 1.82) is 0 Å². The van der Waals surface area contributed by atoms with Crippen LogP contribution in [0.5, 0.6) is 0 Å². The van der Waals surface area contributed by atoms with Crippen molar-refractivity contribution >= 4 is 29.8 Å². The quantitative estimate of drug-likeness (QED) is 0.0419. The molecule has 0 aromatic heterocycles. The van der Waals surface area contributed by atoms with Crippen LogP contribution in [0.2, 0.25) is 0 Å². The predicted molar refractivity (Wildman–Crippen MR) is 162 cm³/mol. The average molecular weight is 552 g/mol. The number of amidine groups is 1. The predicted octanol–water partition coefficient (Wildman–Crippen LogP) is 5.38. The third kappa shape index (κ3) is 12.7. The Bertz CT molecular complexity index is 1080. The van der Waals surface area contributed by atoms with Gasteiger partial charge in [0.25, 0.3) is 0 Å². The summed E-state index contributed by atoms with van der Waals surface area (Å²) in [6.07, 6.45) is 18.8. The van der Waals surface area contributed by atoms with Crippen LogP contribution < -0.4 is 15.9 Å². The Balaban J connectivity index is 2.02. The van der Waals surface area contributed by atoms with Crippen molar-refractivity contribution in [2.75, 3.05) is 13.1 Å². The summed E-state index contributed by atoms with van der Waals surface area (Å²) >= 11 is 1.58. The van der Waals surface area contributed by atoms with Crippen molar-refractivity contribution in [2.45, 2.75) is 57.9 Å². The van der Waals surface area contributed by atoms with Gasteiger partial charge in [0, 0.05) is 24.6 Å². The lowest BCUT2D eigenvalue weighted by molar-refractivity contribution is -0.126. The lowest BCUT2D eigenvalue weighted by atomic mass is 10.0. The van der Waals surface area contributed by atoms with E-state index in [4.69, 9.17) is 10.6 Å². The van der Waals surface area contributed by atoms with Crippen LogP contribution in [0, 0.1) is 0 Å². The first-order valence-electron chi connectivity index (χ1n) is 13.2. The topological polar surface area (TPSA) is 109 Å². The van der Waals surface area contributed by atoms with E-state index in [0.29, 0.717) is 24.8 Å². The van der Waals surface area contributed by atoms with Gasteiger partial charge in [-0.3, -0.25) is 9.79 Å². The van der Waals surface area contributed by atoms with Gasteiger partial charge in [0.05, 0.1) is 6.54 Å². The number of hydrazine groups is 1. The number of benzene rings is 1. The highest BCUT2D eigenvalue weighted by Crippen LogP contribution is 2.16. The van der Waals surface area contributed by atoms with Gasteiger partial charge in [0.15, 0.2) is 0 Å². The van der Waals surface area contributed by atoms with E-state index in [0.717, 1.165) is 28.4 Å². The van der Waals surface area contributed by atoms with Crippen LogP contribution in [-0.4, -0.2) is 47.2 Å². The largest absolute Gasteiger partial charge is 0.444 e. The lowest BCUT2D eigenvalue weighted by Crippen LogP contribution is -2.53. The molecular formula is C30H41N5O3S. The van der Waals surface area contributed by atoms with Crippen LogP contribution in [0.15, 0.2) is 95.6 Å². The third-order valence-corrected chi connectivity index (χ3v) is 6.53. The Morgan fingerprint density at radius 2 is 2.00 bits per heavy atom. The van der Waals surface area contributed by atoms with E-state index >= 15 is 0 Å². The van der Waals surface area contributed by atoms with Crippen molar-refractivity contribution in [1.82, 2.24) is 15.0 Å². The molecule has 0 aliphatic heterocycles. The monoisotopic (exact) mass is 551 g/mol. The Hall–Kier alpha value is -3.56. The normalized spacial score (nSPS) is 15.1. The van der Waals surface area contributed by atoms with E-state index in [1.807, 2.05) is 92.8 Å². The maximum absolute atomic E-state index is 13.2. The Morgan fingerprint density at radius 3 is 2.74 bits per heavy atom. The molecule has 1 aromatic carbocycles. The van der Waals surface area contributed by atoms with Gasteiger partial charge in [0.2, 0.25) is 5.91 Å². The second-order valence-electron chi connectivity index (χ2n) is 8.81. The molecule has 1 aliphatic rings. The van der Waals surface area contributed by atoms with Crippen LogP contribution in [-0.2, 0) is 16.1 Å². The molecule has 0 spiro atoms. The highest BCUT2D eigenvalue weighted by atomic mass is 32.2. The number of allylic oxidation sites excluding steroid dienone is 7. The summed E-state index contributed by atoms with van der Waals surface area (Å²) in [6, 6.07) is 8.38. The summed E-state index contributed by atoms with van der Waals surface area (Å²) in [5, 5.41) is 4.07. The minimum absolute atomic E-state index is 0.0651. The first-order chi connectivity index (χ1) is 18.9. The fourth-order valence-electron chi connectivity index (χ4n) is 3.56. The zero-order chi connectivity index (χ0) is 28.3. The number of carbonyl (C=O) groups is 2. The van der Waals surface area contributed by atoms with Gasteiger partial charge < -0.3 is 14.8 Å². The molecule has 0 bridgehead atoms. The number of hydrogen-bond donors (Lipinski definition) is 3. The van der Waals surface area contributed by atoms with Crippen molar-refractivity contribution in [3.8, 4) is 0 Å². The summed E-state index contributed by atoms with van der Waals surface area (Å²) in [6.45, 7) is 6.80. The standard InChI is InChI=1S/C30H41N5O3S/c1-4-6-19-28(34-39-24(3)14-5-2)32-20-21-33-29(36)27(22-25-15-10-7-8-11-16-25)35(31)30(37)38-23-26-17-12-9-13-18-26/h4-10,12-18,24,27H,11,19-23,31H2,1-3H3,(H,32,34)(H,33,36)/b6-4-,14-5-/t24?,27-/m1/s1. The summed E-state index contributed by atoms with van der Waals surface area (Å²) in [7, 11) is 0. The fourth-order valence-corrected chi connectivity index (χ4v) is 4.27. The maximum atomic E-state index is 13.2. The van der Waals surface area contributed by atoms with Crippen molar-refractivity contribution < 1.29 is 14.3 Å². The molecule has 0 radical (unpaired) electrons. The molecule has 0 fully saturated rings. The van der Waals surface area contributed by atoms with Crippen LogP contribution in [0.1, 0.15) is 45.6 Å². The molecule has 0 saturated carbocycles. The number of hydrogen-bond acceptors (Lipinski definition) is 6. The van der Waals surface area contributed by atoms with E-state index in [-0.39, 0.29) is 18.9 Å². The minimum Gasteiger partial charge on any atom is -0.444 e. The van der Waals surface area contributed by atoms with E-state index in [1.165, 1.54) is 0 Å². The molecule has 210 valence electrons. The van der Waals surface area contributed by atoms with Gasteiger partial charge in [-0.25, -0.2) is 15.6 Å². The Morgan fingerprint density at radius 1 is 1.21 bits per heavy atom. The summed E-state index contributed by atoms with van der Waals surface area (Å²) in [5.41, 5.74) is 1.74. The summed E-state index contributed by atoms with van der Waals surface area (Å²) in [5.74, 6) is 6.62. The second-order valence-corrected chi connectivity index (χ2v) is 10.00. The molecule has 8 nitrogen and oxygen atoms in total. The van der Waals surface area contributed by atoms with Crippen LogP contribution >= 0.6 is 11.9 Å². The molecule has 2 rings (SSSR count). The molecule has 9 heteroatoms. The van der Waals surface area contributed by atoms with Crippen LogP contribution in [0.4, 0.5) is 4.79 Å².